The SMILES string of the molecule is Cc1ccncc1NC(=O)N1CCC[C@@H]1c1nnc(C)n1Cc1ccc(Cl)cc1. The summed E-state index contributed by atoms with van der Waals surface area (Å²) in [6, 6.07) is 9.38. The fraction of sp³-hybridized carbons (Fsp3) is 0.333. The monoisotopic (exact) mass is 410 g/mol. The molecular weight excluding hydrogens is 388 g/mol. The smallest absolute Gasteiger partial charge is 0.314 e. The highest BCUT2D eigenvalue weighted by Crippen LogP contribution is 2.32. The van der Waals surface area contributed by atoms with Crippen LogP contribution in [0.25, 0.3) is 0 Å². The number of urea groups is 1. The van der Waals surface area contributed by atoms with Gasteiger partial charge in [-0.05, 0) is 56.0 Å². The van der Waals surface area contributed by atoms with Crippen molar-refractivity contribution < 1.29 is 4.79 Å². The van der Waals surface area contributed by atoms with Crippen molar-refractivity contribution >= 4 is 23.3 Å². The molecule has 2 aromatic heterocycles. The van der Waals surface area contributed by atoms with E-state index in [-0.39, 0.29) is 12.1 Å². The molecule has 0 aliphatic carbocycles. The van der Waals surface area contributed by atoms with Gasteiger partial charge in [-0.2, -0.15) is 0 Å². The van der Waals surface area contributed by atoms with Crippen LogP contribution >= 0.6 is 11.6 Å². The number of nitrogens with zero attached hydrogens (tertiary/aromatic N) is 5. The third kappa shape index (κ3) is 4.10. The Kier molecular flexibility index (Phi) is 5.49. The third-order valence-electron chi connectivity index (χ3n) is 5.31. The molecule has 2 amide bonds. The van der Waals surface area contributed by atoms with Crippen LogP contribution in [-0.4, -0.2) is 37.2 Å². The van der Waals surface area contributed by atoms with E-state index >= 15 is 0 Å². The summed E-state index contributed by atoms with van der Waals surface area (Å²) in [6.07, 6.45) is 5.17. The van der Waals surface area contributed by atoms with Crippen molar-refractivity contribution in [2.24, 2.45) is 0 Å². The lowest BCUT2D eigenvalue weighted by Crippen LogP contribution is -2.35. The molecule has 3 aromatic rings. The number of rotatable bonds is 4. The van der Waals surface area contributed by atoms with Gasteiger partial charge in [0.25, 0.3) is 0 Å². The first-order valence-corrected chi connectivity index (χ1v) is 10.0. The van der Waals surface area contributed by atoms with Gasteiger partial charge in [0.05, 0.1) is 24.5 Å². The standard InChI is InChI=1S/C21H23ClN6O/c1-14-9-10-23-12-18(14)24-21(29)27-11-3-4-19(27)20-26-25-15(2)28(20)13-16-5-7-17(22)8-6-16/h5-10,12,19H,3-4,11,13H2,1-2H3,(H,24,29)/t19-/m1/s1. The van der Waals surface area contributed by atoms with Crippen molar-refractivity contribution in [3.8, 4) is 0 Å². The Morgan fingerprint density at radius 1 is 1.21 bits per heavy atom. The van der Waals surface area contributed by atoms with Crippen LogP contribution < -0.4 is 5.32 Å². The van der Waals surface area contributed by atoms with E-state index in [0.717, 1.165) is 41.3 Å². The summed E-state index contributed by atoms with van der Waals surface area (Å²) in [5, 5.41) is 12.4. The van der Waals surface area contributed by atoms with Gasteiger partial charge in [-0.15, -0.1) is 10.2 Å². The molecule has 3 heterocycles. The molecule has 1 N–H and O–H groups in total. The van der Waals surface area contributed by atoms with Crippen LogP contribution in [0.2, 0.25) is 5.02 Å². The summed E-state index contributed by atoms with van der Waals surface area (Å²) >= 11 is 6.00. The first-order chi connectivity index (χ1) is 14.0. The normalized spacial score (nSPS) is 16.2. The van der Waals surface area contributed by atoms with Gasteiger partial charge in [-0.3, -0.25) is 4.98 Å². The molecule has 1 atom stereocenters. The van der Waals surface area contributed by atoms with E-state index in [0.29, 0.717) is 18.1 Å². The highest BCUT2D eigenvalue weighted by Gasteiger charge is 2.34. The Morgan fingerprint density at radius 3 is 2.76 bits per heavy atom. The van der Waals surface area contributed by atoms with E-state index in [2.05, 4.69) is 25.1 Å². The molecule has 0 bridgehead atoms. The summed E-state index contributed by atoms with van der Waals surface area (Å²) in [7, 11) is 0. The van der Waals surface area contributed by atoms with E-state index in [1.165, 1.54) is 0 Å². The average Bonchev–Trinajstić information content (AvgIpc) is 3.32. The Bertz CT molecular complexity index is 1020. The number of hydrogen-bond donors (Lipinski definition) is 1. The van der Waals surface area contributed by atoms with E-state index in [1.807, 2.05) is 49.1 Å². The quantitative estimate of drug-likeness (QED) is 0.693. The maximum Gasteiger partial charge on any atom is 0.322 e. The van der Waals surface area contributed by atoms with Gasteiger partial charge in [0, 0.05) is 17.8 Å². The van der Waals surface area contributed by atoms with E-state index < -0.39 is 0 Å². The molecule has 0 saturated carbocycles. The van der Waals surface area contributed by atoms with Gasteiger partial charge in [0.1, 0.15) is 5.82 Å². The molecule has 150 valence electrons. The van der Waals surface area contributed by atoms with Crippen molar-refractivity contribution in [3.63, 3.8) is 0 Å². The number of likely N-dealkylation sites (tertiary alicyclic amines) is 1. The summed E-state index contributed by atoms with van der Waals surface area (Å²) in [5.74, 6) is 1.64. The van der Waals surface area contributed by atoms with Crippen molar-refractivity contribution in [1.29, 1.82) is 0 Å². The molecule has 1 aliphatic rings. The predicted octanol–water partition coefficient (Wildman–Crippen LogP) is 4.36. The minimum absolute atomic E-state index is 0.111. The number of benzene rings is 1. The zero-order valence-electron chi connectivity index (χ0n) is 16.5. The van der Waals surface area contributed by atoms with Crippen molar-refractivity contribution in [2.45, 2.75) is 39.3 Å². The largest absolute Gasteiger partial charge is 0.322 e. The highest BCUT2D eigenvalue weighted by molar-refractivity contribution is 6.30. The van der Waals surface area contributed by atoms with Crippen LogP contribution in [0.4, 0.5) is 10.5 Å². The second kappa shape index (κ2) is 8.21. The lowest BCUT2D eigenvalue weighted by atomic mass is 10.2. The number of carbonyl (C=O) groups is 1. The maximum absolute atomic E-state index is 13.0. The number of aryl methyl sites for hydroxylation is 2. The molecule has 1 aromatic carbocycles. The number of nitrogens with one attached hydrogen (secondary N) is 1. The van der Waals surface area contributed by atoms with E-state index in [4.69, 9.17) is 11.6 Å². The second-order valence-electron chi connectivity index (χ2n) is 7.29. The summed E-state index contributed by atoms with van der Waals surface area (Å²) in [4.78, 5) is 18.9. The number of pyridine rings is 1. The number of halogens is 1. The van der Waals surface area contributed by atoms with Crippen LogP contribution in [0.1, 0.15) is 41.7 Å². The Hall–Kier alpha value is -2.93. The van der Waals surface area contributed by atoms with Crippen molar-refractivity contribution in [3.05, 3.63) is 70.5 Å². The Labute approximate surface area is 174 Å². The van der Waals surface area contributed by atoms with Crippen molar-refractivity contribution in [1.82, 2.24) is 24.6 Å². The number of carbonyl (C=O) groups excluding carboxylic acids is 1. The zero-order valence-corrected chi connectivity index (χ0v) is 17.2. The lowest BCUT2D eigenvalue weighted by Gasteiger charge is -2.25. The Balaban J connectivity index is 1.57. The molecule has 1 saturated heterocycles. The lowest BCUT2D eigenvalue weighted by molar-refractivity contribution is 0.204. The van der Waals surface area contributed by atoms with Gasteiger partial charge in [0.15, 0.2) is 5.82 Å². The van der Waals surface area contributed by atoms with Crippen LogP contribution in [0.3, 0.4) is 0 Å². The third-order valence-corrected chi connectivity index (χ3v) is 5.56. The van der Waals surface area contributed by atoms with Gasteiger partial charge in [-0.25, -0.2) is 4.79 Å². The molecule has 1 aliphatic heterocycles. The van der Waals surface area contributed by atoms with Crippen molar-refractivity contribution in [2.75, 3.05) is 11.9 Å². The van der Waals surface area contributed by atoms with E-state index in [1.54, 1.807) is 12.4 Å². The molecule has 7 nitrogen and oxygen atoms in total. The van der Waals surface area contributed by atoms with Crippen LogP contribution in [0.15, 0.2) is 42.7 Å². The first kappa shape index (κ1) is 19.4. The topological polar surface area (TPSA) is 75.9 Å². The molecule has 29 heavy (non-hydrogen) atoms. The molecule has 0 spiro atoms. The van der Waals surface area contributed by atoms with Crippen LogP contribution in [-0.2, 0) is 6.54 Å². The number of hydrogen-bond acceptors (Lipinski definition) is 4. The molecule has 8 heteroatoms. The average molecular weight is 411 g/mol. The summed E-state index contributed by atoms with van der Waals surface area (Å²) in [5.41, 5.74) is 2.81. The van der Waals surface area contributed by atoms with Gasteiger partial charge < -0.3 is 14.8 Å². The molecule has 1 fully saturated rings. The summed E-state index contributed by atoms with van der Waals surface area (Å²) < 4.78 is 2.08. The molecule has 0 unspecified atom stereocenters. The molecular formula is C21H23ClN6O. The molecule has 0 radical (unpaired) electrons. The zero-order chi connectivity index (χ0) is 20.4. The first-order valence-electron chi connectivity index (χ1n) is 9.65. The minimum Gasteiger partial charge on any atom is -0.314 e. The second-order valence-corrected chi connectivity index (χ2v) is 7.73. The Morgan fingerprint density at radius 2 is 2.00 bits per heavy atom. The minimum atomic E-state index is -0.137. The maximum atomic E-state index is 13.0. The summed E-state index contributed by atoms with van der Waals surface area (Å²) in [6.45, 7) is 5.21. The number of anilines is 1. The van der Waals surface area contributed by atoms with Crippen LogP contribution in [0.5, 0.6) is 0 Å². The highest BCUT2D eigenvalue weighted by atomic mass is 35.5. The number of aromatic nitrogens is 4. The van der Waals surface area contributed by atoms with Gasteiger partial charge in [-0.1, -0.05) is 23.7 Å². The predicted molar refractivity (Wildman–Crippen MR) is 112 cm³/mol. The fourth-order valence-corrected chi connectivity index (χ4v) is 3.80. The van der Waals surface area contributed by atoms with Gasteiger partial charge in [0.2, 0.25) is 0 Å². The molecule has 4 rings (SSSR count). The van der Waals surface area contributed by atoms with Crippen LogP contribution in [0, 0.1) is 13.8 Å². The number of amides is 2. The van der Waals surface area contributed by atoms with E-state index in [9.17, 15) is 4.79 Å². The fourth-order valence-electron chi connectivity index (χ4n) is 3.67. The van der Waals surface area contributed by atoms with Gasteiger partial charge >= 0.3 is 6.03 Å².